The molecule has 0 unspecified atom stereocenters. The number of nitrogens with zero attached hydrogens (tertiary/aromatic N) is 1. The van der Waals surface area contributed by atoms with Gasteiger partial charge in [0.2, 0.25) is 5.91 Å². The van der Waals surface area contributed by atoms with Gasteiger partial charge in [-0.1, -0.05) is 36.4 Å². The summed E-state index contributed by atoms with van der Waals surface area (Å²) in [6, 6.07) is 24.3. The lowest BCUT2D eigenvalue weighted by molar-refractivity contribution is -0.137. The van der Waals surface area contributed by atoms with Crippen molar-refractivity contribution < 1.29 is 46.5 Å². The van der Waals surface area contributed by atoms with E-state index in [1.54, 1.807) is 63.2 Å². The van der Waals surface area contributed by atoms with Crippen LogP contribution >= 0.6 is 0 Å². The Hall–Kier alpha value is -5.52. The molecule has 1 heterocycles. The molecule has 0 spiro atoms. The molecule has 0 aromatic heterocycles. The first kappa shape index (κ1) is 35.8. The lowest BCUT2D eigenvalue weighted by Gasteiger charge is -2.37. The van der Waals surface area contributed by atoms with Gasteiger partial charge in [0.25, 0.3) is 0 Å². The smallest absolute Gasteiger partial charge is 0.416 e. The van der Waals surface area contributed by atoms with Crippen LogP contribution in [0.2, 0.25) is 0 Å². The second kappa shape index (κ2) is 15.4. The van der Waals surface area contributed by atoms with Gasteiger partial charge in [-0.2, -0.15) is 13.2 Å². The lowest BCUT2D eigenvalue weighted by atomic mass is 9.92. The minimum absolute atomic E-state index is 0.0777. The number of rotatable bonds is 10. The van der Waals surface area contributed by atoms with E-state index >= 15 is 0 Å². The summed E-state index contributed by atoms with van der Waals surface area (Å²) in [6.07, 6.45) is -4.92. The number of amides is 2. The first-order valence-electron chi connectivity index (χ1n) is 16.0. The van der Waals surface area contributed by atoms with Crippen molar-refractivity contribution in [3.05, 3.63) is 119 Å². The van der Waals surface area contributed by atoms with Crippen molar-refractivity contribution in [2.75, 3.05) is 13.1 Å². The number of carbonyl (C=O) groups excluding carboxylic acids is 3. The van der Waals surface area contributed by atoms with Gasteiger partial charge in [0, 0.05) is 13.1 Å². The molecule has 4 aromatic carbocycles. The van der Waals surface area contributed by atoms with E-state index in [0.717, 1.165) is 23.3 Å². The molecule has 12 heteroatoms. The molecule has 0 saturated carbocycles. The summed E-state index contributed by atoms with van der Waals surface area (Å²) in [6.45, 7) is 5.64. The molecule has 1 aliphatic heterocycles. The van der Waals surface area contributed by atoms with E-state index < -0.39 is 41.4 Å². The Morgan fingerprint density at radius 2 is 1.46 bits per heavy atom. The van der Waals surface area contributed by atoms with Crippen LogP contribution in [-0.2, 0) is 33.5 Å². The summed E-state index contributed by atoms with van der Waals surface area (Å²) in [4.78, 5) is 40.9. The summed E-state index contributed by atoms with van der Waals surface area (Å²) in [7, 11) is 0. The predicted octanol–water partition coefficient (Wildman–Crippen LogP) is 8.02. The molecule has 5 rings (SSSR count). The van der Waals surface area contributed by atoms with E-state index in [0.29, 0.717) is 30.1 Å². The zero-order chi connectivity index (χ0) is 35.9. The third kappa shape index (κ3) is 9.77. The molecule has 0 aliphatic carbocycles. The largest absolute Gasteiger partial charge is 0.489 e. The van der Waals surface area contributed by atoms with Crippen LogP contribution in [0.3, 0.4) is 0 Å². The van der Waals surface area contributed by atoms with Crippen LogP contribution in [0, 0.1) is 0 Å². The molecular formula is C38H37F3N2O7. The zero-order valence-corrected chi connectivity index (χ0v) is 27.8. The summed E-state index contributed by atoms with van der Waals surface area (Å²) in [5.74, 6) is 0.196. The number of ether oxygens (including phenoxy) is 4. The molecule has 0 fully saturated rings. The molecule has 0 saturated heterocycles. The first-order valence-corrected chi connectivity index (χ1v) is 16.0. The maximum Gasteiger partial charge on any atom is 0.416 e. The fourth-order valence-electron chi connectivity index (χ4n) is 5.22. The maximum atomic E-state index is 13.7. The van der Waals surface area contributed by atoms with Gasteiger partial charge < -0.3 is 24.3 Å². The second-order valence-electron chi connectivity index (χ2n) is 12.6. The Labute approximate surface area is 287 Å². The van der Waals surface area contributed by atoms with E-state index in [9.17, 15) is 27.6 Å². The van der Waals surface area contributed by atoms with Crippen molar-refractivity contribution in [1.29, 1.82) is 0 Å². The van der Waals surface area contributed by atoms with Crippen molar-refractivity contribution >= 4 is 18.0 Å². The quantitative estimate of drug-likeness (QED) is 0.133. The van der Waals surface area contributed by atoms with Gasteiger partial charge in [0.05, 0.1) is 12.0 Å². The Morgan fingerprint density at radius 1 is 0.820 bits per heavy atom. The Kier molecular flexibility index (Phi) is 11.0. The molecule has 50 heavy (non-hydrogen) atoms. The van der Waals surface area contributed by atoms with Gasteiger partial charge in [0.15, 0.2) is 0 Å². The monoisotopic (exact) mass is 690 g/mol. The number of hydrogen-bond acceptors (Lipinski definition) is 7. The van der Waals surface area contributed by atoms with Crippen molar-refractivity contribution in [2.24, 2.45) is 0 Å². The molecule has 1 N–H and O–H groups in total. The molecule has 4 aromatic rings. The lowest BCUT2D eigenvalue weighted by Crippen LogP contribution is -2.49. The van der Waals surface area contributed by atoms with Crippen molar-refractivity contribution in [3.63, 3.8) is 0 Å². The van der Waals surface area contributed by atoms with E-state index in [1.165, 1.54) is 17.0 Å². The van der Waals surface area contributed by atoms with Crippen LogP contribution < -0.4 is 19.5 Å². The fraction of sp³-hybridized carbons (Fsp3) is 0.289. The summed E-state index contributed by atoms with van der Waals surface area (Å²) in [5, 5.41) is 2.73. The minimum Gasteiger partial charge on any atom is -0.489 e. The van der Waals surface area contributed by atoms with Crippen LogP contribution in [0.15, 0.2) is 97.1 Å². The van der Waals surface area contributed by atoms with E-state index in [-0.39, 0.29) is 31.0 Å². The molecule has 2 amide bonds. The highest BCUT2D eigenvalue weighted by Crippen LogP contribution is 2.36. The third-order valence-corrected chi connectivity index (χ3v) is 7.57. The summed E-state index contributed by atoms with van der Waals surface area (Å²) >= 11 is 0. The highest BCUT2D eigenvalue weighted by Gasteiger charge is 2.38. The highest BCUT2D eigenvalue weighted by atomic mass is 19.4. The first-order chi connectivity index (χ1) is 23.7. The van der Waals surface area contributed by atoms with Gasteiger partial charge in [-0.05, 0) is 105 Å². The number of benzene rings is 4. The average molecular weight is 691 g/mol. The fourth-order valence-corrected chi connectivity index (χ4v) is 5.22. The van der Waals surface area contributed by atoms with Crippen LogP contribution in [-0.4, -0.2) is 41.6 Å². The topological polar surface area (TPSA) is 103 Å². The normalized spacial score (nSPS) is 14.3. The molecule has 0 radical (unpaired) electrons. The van der Waals surface area contributed by atoms with Crippen molar-refractivity contribution in [2.45, 2.75) is 58.0 Å². The standard InChI is InChI=1S/C38H37F3N2O7/c1-37(2,3)50-36(46)43-22-20-26-9-12-31(48-29-13-10-27(11-14-29)38(39,40)41)23-32(26)34(43)35(45)42-21-19-33(44)49-30-17-15-28(16-18-30)47-24-25-7-5-4-6-8-25/h4-18,23,34H,19-22,24H2,1-3H3,(H,42,45)/t34-/m0/s1. The predicted molar refractivity (Wildman–Crippen MR) is 178 cm³/mol. The number of fused-ring (bicyclic) bond motifs is 1. The van der Waals surface area contributed by atoms with Gasteiger partial charge in [-0.15, -0.1) is 0 Å². The number of halogens is 3. The SMILES string of the molecule is CC(C)(C)OC(=O)N1CCc2ccc(Oc3ccc(C(F)(F)F)cc3)cc2[C@H]1C(=O)NCCC(=O)Oc1ccc(OCc2ccccc2)cc1. The number of carbonyl (C=O) groups is 3. The van der Waals surface area contributed by atoms with E-state index in [4.69, 9.17) is 18.9 Å². The number of nitrogens with one attached hydrogen (secondary N) is 1. The minimum atomic E-state index is -4.49. The number of hydrogen-bond donors (Lipinski definition) is 1. The Morgan fingerprint density at radius 3 is 2.12 bits per heavy atom. The van der Waals surface area contributed by atoms with Crippen LogP contribution in [0.1, 0.15) is 55.5 Å². The van der Waals surface area contributed by atoms with Crippen LogP contribution in [0.25, 0.3) is 0 Å². The zero-order valence-electron chi connectivity index (χ0n) is 27.8. The van der Waals surface area contributed by atoms with E-state index in [2.05, 4.69) is 5.32 Å². The molecule has 1 atom stereocenters. The van der Waals surface area contributed by atoms with Gasteiger partial charge in [-0.3, -0.25) is 14.5 Å². The molecular weight excluding hydrogens is 653 g/mol. The van der Waals surface area contributed by atoms with E-state index in [1.807, 2.05) is 30.3 Å². The summed E-state index contributed by atoms with van der Waals surface area (Å²) in [5.41, 5.74) is 0.609. The van der Waals surface area contributed by atoms with Crippen molar-refractivity contribution in [1.82, 2.24) is 10.2 Å². The van der Waals surface area contributed by atoms with Crippen LogP contribution in [0.4, 0.5) is 18.0 Å². The van der Waals surface area contributed by atoms with Gasteiger partial charge >= 0.3 is 18.2 Å². The van der Waals surface area contributed by atoms with Crippen LogP contribution in [0.5, 0.6) is 23.0 Å². The number of esters is 1. The average Bonchev–Trinajstić information content (AvgIpc) is 3.07. The second-order valence-corrected chi connectivity index (χ2v) is 12.6. The molecule has 1 aliphatic rings. The Bertz CT molecular complexity index is 1790. The Balaban J connectivity index is 1.23. The van der Waals surface area contributed by atoms with Gasteiger partial charge in [0.1, 0.15) is 41.2 Å². The highest BCUT2D eigenvalue weighted by molar-refractivity contribution is 5.88. The molecule has 9 nitrogen and oxygen atoms in total. The molecule has 262 valence electrons. The maximum absolute atomic E-state index is 13.7. The summed E-state index contributed by atoms with van der Waals surface area (Å²) < 4.78 is 61.7. The molecule has 0 bridgehead atoms. The van der Waals surface area contributed by atoms with Crippen molar-refractivity contribution in [3.8, 4) is 23.0 Å². The van der Waals surface area contributed by atoms with Gasteiger partial charge in [-0.25, -0.2) is 4.79 Å². The number of alkyl halides is 3. The third-order valence-electron chi connectivity index (χ3n) is 7.57.